The van der Waals surface area contributed by atoms with Crippen LogP contribution in [0.25, 0.3) is 0 Å². The van der Waals surface area contributed by atoms with Gasteiger partial charge in [-0.05, 0) is 13.8 Å². The van der Waals surface area contributed by atoms with Crippen LogP contribution in [0.15, 0.2) is 0 Å². The second-order valence-electron chi connectivity index (χ2n) is 4.43. The summed E-state index contributed by atoms with van der Waals surface area (Å²) < 4.78 is 11.1. The third-order valence-electron chi connectivity index (χ3n) is 2.65. The number of hydrogen-bond donors (Lipinski definition) is 1. The first-order valence-corrected chi connectivity index (χ1v) is 4.56. The summed E-state index contributed by atoms with van der Waals surface area (Å²) >= 11 is 0. The molecular weight excluding hydrogens is 170 g/mol. The molecule has 13 heavy (non-hydrogen) atoms. The molecule has 74 valence electrons. The van der Waals surface area contributed by atoms with Crippen molar-refractivity contribution in [2.24, 2.45) is 5.41 Å². The van der Waals surface area contributed by atoms with Gasteiger partial charge < -0.3 is 14.8 Å². The van der Waals surface area contributed by atoms with Crippen LogP contribution in [0.3, 0.4) is 0 Å². The van der Waals surface area contributed by atoms with E-state index in [1.807, 2.05) is 13.8 Å². The Kier molecular flexibility index (Phi) is 1.85. The highest BCUT2D eigenvalue weighted by Crippen LogP contribution is 2.34. The molecular formula is C9H15NO3. The first-order valence-electron chi connectivity index (χ1n) is 4.56. The van der Waals surface area contributed by atoms with Crippen LogP contribution in [0.2, 0.25) is 0 Å². The smallest absolute Gasteiger partial charge is 0.220 e. The molecule has 0 aliphatic carbocycles. The van der Waals surface area contributed by atoms with Crippen molar-refractivity contribution in [1.29, 1.82) is 0 Å². The lowest BCUT2D eigenvalue weighted by Crippen LogP contribution is -2.47. The molecule has 0 aromatic carbocycles. The number of carbonyl (C=O) groups is 1. The van der Waals surface area contributed by atoms with Gasteiger partial charge >= 0.3 is 0 Å². The van der Waals surface area contributed by atoms with Crippen LogP contribution in [0, 0.1) is 5.41 Å². The summed E-state index contributed by atoms with van der Waals surface area (Å²) in [5, 5.41) is 2.81. The van der Waals surface area contributed by atoms with E-state index in [0.717, 1.165) is 0 Å². The van der Waals surface area contributed by atoms with Crippen LogP contribution < -0.4 is 5.32 Å². The van der Waals surface area contributed by atoms with Gasteiger partial charge in [0, 0.05) is 18.4 Å². The van der Waals surface area contributed by atoms with E-state index in [0.29, 0.717) is 26.2 Å². The SMILES string of the molecule is CC1(C)OCC2(CNC(=O)C2)CO1. The van der Waals surface area contributed by atoms with Crippen LogP contribution in [-0.2, 0) is 14.3 Å². The zero-order chi connectivity index (χ0) is 9.53. The molecule has 1 N–H and O–H groups in total. The Morgan fingerprint density at radius 1 is 1.31 bits per heavy atom. The second kappa shape index (κ2) is 2.69. The molecule has 2 rings (SSSR count). The highest BCUT2D eigenvalue weighted by atomic mass is 16.7. The monoisotopic (exact) mass is 185 g/mol. The highest BCUT2D eigenvalue weighted by Gasteiger charge is 2.44. The van der Waals surface area contributed by atoms with Gasteiger partial charge in [0.05, 0.1) is 13.2 Å². The van der Waals surface area contributed by atoms with Crippen LogP contribution in [0.1, 0.15) is 20.3 Å². The van der Waals surface area contributed by atoms with Gasteiger partial charge in [-0.15, -0.1) is 0 Å². The van der Waals surface area contributed by atoms with Gasteiger partial charge in [0.25, 0.3) is 0 Å². The van der Waals surface area contributed by atoms with Gasteiger partial charge in [0.15, 0.2) is 5.79 Å². The Morgan fingerprint density at radius 2 is 1.92 bits per heavy atom. The maximum absolute atomic E-state index is 11.1. The molecule has 0 aromatic rings. The van der Waals surface area contributed by atoms with Gasteiger partial charge in [0.2, 0.25) is 5.91 Å². The number of hydrogen-bond acceptors (Lipinski definition) is 3. The maximum Gasteiger partial charge on any atom is 0.220 e. The summed E-state index contributed by atoms with van der Waals surface area (Å²) in [4.78, 5) is 11.1. The third kappa shape index (κ3) is 1.69. The molecule has 2 saturated heterocycles. The van der Waals surface area contributed by atoms with Crippen molar-refractivity contribution in [1.82, 2.24) is 5.32 Å². The molecule has 0 saturated carbocycles. The molecule has 2 fully saturated rings. The minimum absolute atomic E-state index is 0.104. The fourth-order valence-corrected chi connectivity index (χ4v) is 1.69. The van der Waals surface area contributed by atoms with Gasteiger partial charge in [-0.2, -0.15) is 0 Å². The summed E-state index contributed by atoms with van der Waals surface area (Å²) in [5.41, 5.74) is -0.105. The Hall–Kier alpha value is -0.610. The molecule has 2 heterocycles. The molecule has 1 spiro atoms. The fourth-order valence-electron chi connectivity index (χ4n) is 1.69. The minimum atomic E-state index is -0.489. The minimum Gasteiger partial charge on any atom is -0.355 e. The lowest BCUT2D eigenvalue weighted by Gasteiger charge is -2.40. The van der Waals surface area contributed by atoms with E-state index in [1.165, 1.54) is 0 Å². The highest BCUT2D eigenvalue weighted by molar-refractivity contribution is 5.79. The van der Waals surface area contributed by atoms with E-state index in [9.17, 15) is 4.79 Å². The Bertz CT molecular complexity index is 227. The predicted octanol–water partition coefficient (Wildman–Crippen LogP) is 0.276. The average molecular weight is 185 g/mol. The van der Waals surface area contributed by atoms with Crippen molar-refractivity contribution >= 4 is 5.91 Å². The number of carbonyl (C=O) groups excluding carboxylic acids is 1. The van der Waals surface area contributed by atoms with E-state index in [2.05, 4.69) is 5.32 Å². The normalized spacial score (nSPS) is 30.5. The van der Waals surface area contributed by atoms with Gasteiger partial charge in [0.1, 0.15) is 0 Å². The van der Waals surface area contributed by atoms with Crippen molar-refractivity contribution in [2.45, 2.75) is 26.1 Å². The molecule has 0 aromatic heterocycles. The summed E-state index contributed by atoms with van der Waals surface area (Å²) in [6, 6.07) is 0. The zero-order valence-electron chi connectivity index (χ0n) is 8.05. The fraction of sp³-hybridized carbons (Fsp3) is 0.889. The van der Waals surface area contributed by atoms with Crippen molar-refractivity contribution in [3.05, 3.63) is 0 Å². The molecule has 2 aliphatic rings. The molecule has 4 nitrogen and oxygen atoms in total. The van der Waals surface area contributed by atoms with Crippen molar-refractivity contribution < 1.29 is 14.3 Å². The number of nitrogens with one attached hydrogen (secondary N) is 1. The Labute approximate surface area is 77.6 Å². The van der Waals surface area contributed by atoms with Crippen molar-refractivity contribution in [3.8, 4) is 0 Å². The summed E-state index contributed by atoms with van der Waals surface area (Å²) in [6.07, 6.45) is 0.531. The average Bonchev–Trinajstić information content (AvgIpc) is 2.41. The molecule has 4 heteroatoms. The summed E-state index contributed by atoms with van der Waals surface area (Å²) in [6.45, 7) is 5.69. The molecule has 1 amide bonds. The summed E-state index contributed by atoms with van der Waals surface area (Å²) in [7, 11) is 0. The van der Waals surface area contributed by atoms with E-state index in [-0.39, 0.29) is 11.3 Å². The van der Waals surface area contributed by atoms with Gasteiger partial charge in [-0.3, -0.25) is 4.79 Å². The van der Waals surface area contributed by atoms with Crippen LogP contribution >= 0.6 is 0 Å². The quantitative estimate of drug-likeness (QED) is 0.589. The number of rotatable bonds is 0. The van der Waals surface area contributed by atoms with Gasteiger partial charge in [-0.25, -0.2) is 0 Å². The topological polar surface area (TPSA) is 47.6 Å². The van der Waals surface area contributed by atoms with E-state index in [4.69, 9.17) is 9.47 Å². The van der Waals surface area contributed by atoms with Crippen LogP contribution in [-0.4, -0.2) is 31.5 Å². The largest absolute Gasteiger partial charge is 0.355 e. The number of ether oxygens (including phenoxy) is 2. The lowest BCUT2D eigenvalue weighted by molar-refractivity contribution is -0.281. The van der Waals surface area contributed by atoms with E-state index in [1.54, 1.807) is 0 Å². The molecule has 0 radical (unpaired) electrons. The van der Waals surface area contributed by atoms with Crippen molar-refractivity contribution in [2.75, 3.05) is 19.8 Å². The molecule has 2 aliphatic heterocycles. The first-order chi connectivity index (χ1) is 6.02. The second-order valence-corrected chi connectivity index (χ2v) is 4.43. The zero-order valence-corrected chi connectivity index (χ0v) is 8.05. The van der Waals surface area contributed by atoms with E-state index < -0.39 is 5.79 Å². The summed E-state index contributed by atoms with van der Waals surface area (Å²) in [5.74, 6) is -0.386. The first kappa shape index (κ1) is 8.97. The third-order valence-corrected chi connectivity index (χ3v) is 2.65. The lowest BCUT2D eigenvalue weighted by atomic mass is 9.88. The van der Waals surface area contributed by atoms with Crippen LogP contribution in [0.4, 0.5) is 0 Å². The van der Waals surface area contributed by atoms with Gasteiger partial charge in [-0.1, -0.05) is 0 Å². The standard InChI is InChI=1S/C9H15NO3/c1-8(2)12-5-9(6-13-8)3-7(11)10-4-9/h3-6H2,1-2H3,(H,10,11). The molecule has 0 bridgehead atoms. The maximum atomic E-state index is 11.1. The Balaban J connectivity index is 2.01. The predicted molar refractivity (Wildman–Crippen MR) is 46.0 cm³/mol. The molecule has 0 unspecified atom stereocenters. The molecule has 0 atom stereocenters. The Morgan fingerprint density at radius 3 is 2.38 bits per heavy atom. The number of amides is 1. The van der Waals surface area contributed by atoms with E-state index >= 15 is 0 Å². The van der Waals surface area contributed by atoms with Crippen molar-refractivity contribution in [3.63, 3.8) is 0 Å². The van der Waals surface area contributed by atoms with Crippen LogP contribution in [0.5, 0.6) is 0 Å².